The van der Waals surface area contributed by atoms with Gasteiger partial charge in [0.25, 0.3) is 0 Å². The standard InChI is InChI=1S/C26H31ClN6O.C20H27ClN6O.C6H5Br/c27-24-16-20(10-13-28-24)31-26-29-17-23(25(32-26)30-19-6-8-22(34)9-7-19)18-11-14-33(15-12-18)21-4-2-1-3-5-21;21-18-11-15(7-10-23-18)26-20-24-12-17(13-5-8-22-9-6-13)19(27-20)25-14-1-3-16(28)4-2-14;7-6-4-2-1-3-5-6/h1-5,10,13,16-19,22,34H,6-9,11-12,14-15H2,(H2,28,29,30,31,32);7,10-14,16,22,28H,1-6,8-9H2,(H2,23,24,25,26,27);1-5H. The number of anilines is 7. The molecule has 6 aromatic rings. The maximum atomic E-state index is 9.92. The summed E-state index contributed by atoms with van der Waals surface area (Å²) >= 11 is 15.3. The fourth-order valence-corrected chi connectivity index (χ4v) is 10.1. The van der Waals surface area contributed by atoms with Gasteiger partial charge in [-0.2, -0.15) is 9.97 Å². The van der Waals surface area contributed by atoms with Gasteiger partial charge in [-0.1, -0.05) is 75.5 Å². The van der Waals surface area contributed by atoms with Gasteiger partial charge in [-0.25, -0.2) is 19.9 Å². The molecule has 4 fully saturated rings. The largest absolute Gasteiger partial charge is 0.393 e. The lowest BCUT2D eigenvalue weighted by atomic mass is 9.89. The summed E-state index contributed by atoms with van der Waals surface area (Å²) in [7, 11) is 0. The van der Waals surface area contributed by atoms with Crippen molar-refractivity contribution in [3.63, 3.8) is 0 Å². The van der Waals surface area contributed by atoms with Crippen LogP contribution in [0.2, 0.25) is 10.3 Å². The first-order valence-corrected chi connectivity index (χ1v) is 25.9. The van der Waals surface area contributed by atoms with Crippen LogP contribution in [0.25, 0.3) is 0 Å². The molecule has 2 aliphatic carbocycles. The molecule has 0 unspecified atom stereocenters. The van der Waals surface area contributed by atoms with Gasteiger partial charge < -0.3 is 41.7 Å². The summed E-state index contributed by atoms with van der Waals surface area (Å²) in [6.45, 7) is 4.07. The molecule has 0 bridgehead atoms. The van der Waals surface area contributed by atoms with Gasteiger partial charge in [-0.05, 0) is 151 Å². The van der Waals surface area contributed by atoms with E-state index in [0.717, 1.165) is 131 Å². The van der Waals surface area contributed by atoms with Crippen LogP contribution >= 0.6 is 39.1 Å². The normalized spacial score (nSPS) is 20.9. The number of nitrogens with one attached hydrogen (secondary N) is 5. The fourth-order valence-electron chi connectivity index (χ4n) is 9.41. The molecule has 0 amide bonds. The molecule has 10 rings (SSSR count). The van der Waals surface area contributed by atoms with Crippen molar-refractivity contribution in [1.29, 1.82) is 0 Å². The molecule has 2 aromatic carbocycles. The highest BCUT2D eigenvalue weighted by atomic mass is 79.9. The second-order valence-corrected chi connectivity index (χ2v) is 19.9. The minimum Gasteiger partial charge on any atom is -0.393 e. The number of pyridine rings is 2. The van der Waals surface area contributed by atoms with E-state index in [1.54, 1.807) is 24.5 Å². The van der Waals surface area contributed by atoms with E-state index in [-0.39, 0.29) is 12.2 Å². The zero-order valence-electron chi connectivity index (χ0n) is 38.8. The molecule has 2 saturated heterocycles. The van der Waals surface area contributed by atoms with Crippen molar-refractivity contribution < 1.29 is 10.2 Å². The monoisotopic (exact) mass is 1040 g/mol. The molecule has 17 heteroatoms. The van der Waals surface area contributed by atoms with Crippen molar-refractivity contribution in [1.82, 2.24) is 35.2 Å². The van der Waals surface area contributed by atoms with Gasteiger partial charge in [-0.3, -0.25) is 0 Å². The predicted octanol–water partition coefficient (Wildman–Crippen LogP) is 11.3. The van der Waals surface area contributed by atoms with Crippen LogP contribution in [0.1, 0.15) is 100 Å². The van der Waals surface area contributed by atoms with Crippen molar-refractivity contribution in [3.8, 4) is 0 Å². The number of nitrogens with zero attached hydrogens (tertiary/aromatic N) is 7. The minimum absolute atomic E-state index is 0.166. The van der Waals surface area contributed by atoms with Crippen LogP contribution in [0.4, 0.5) is 40.6 Å². The molecule has 0 radical (unpaired) electrons. The molecule has 364 valence electrons. The molecule has 6 heterocycles. The lowest BCUT2D eigenvalue weighted by molar-refractivity contribution is 0.125. The van der Waals surface area contributed by atoms with E-state index < -0.39 is 0 Å². The molecule has 7 N–H and O–H groups in total. The zero-order valence-corrected chi connectivity index (χ0v) is 41.9. The summed E-state index contributed by atoms with van der Waals surface area (Å²) in [4.78, 5) is 29.4. The van der Waals surface area contributed by atoms with E-state index >= 15 is 0 Å². The third kappa shape index (κ3) is 15.4. The Morgan fingerprint density at radius 3 is 1.43 bits per heavy atom. The SMILES string of the molecule is Brc1ccccc1.OC1CCC(Nc2nc(Nc3ccnc(Cl)c3)ncc2C2CCN(c3ccccc3)CC2)CC1.OC1CCC(Nc2nc(Nc3ccnc(Cl)c3)ncc2C2CCNCC2)CC1. The van der Waals surface area contributed by atoms with Gasteiger partial charge in [0.15, 0.2) is 0 Å². The first-order chi connectivity index (χ1) is 33.7. The number of halogens is 3. The van der Waals surface area contributed by atoms with Crippen molar-refractivity contribution in [3.05, 3.63) is 136 Å². The Hall–Kier alpha value is -5.16. The highest BCUT2D eigenvalue weighted by molar-refractivity contribution is 9.10. The minimum atomic E-state index is -0.182. The van der Waals surface area contributed by atoms with E-state index in [4.69, 9.17) is 33.2 Å². The van der Waals surface area contributed by atoms with Crippen molar-refractivity contribution in [2.24, 2.45) is 0 Å². The number of benzene rings is 2. The lowest BCUT2D eigenvalue weighted by Gasteiger charge is -2.35. The van der Waals surface area contributed by atoms with Crippen LogP contribution in [-0.4, -0.2) is 90.6 Å². The quantitative estimate of drug-likeness (QED) is 0.0609. The number of aliphatic hydroxyl groups excluding tert-OH is 2. The number of para-hydroxylation sites is 1. The van der Waals surface area contributed by atoms with E-state index in [2.05, 4.69) is 97.7 Å². The maximum Gasteiger partial charge on any atom is 0.229 e. The highest BCUT2D eigenvalue weighted by Gasteiger charge is 2.28. The Kier molecular flexibility index (Phi) is 18.7. The van der Waals surface area contributed by atoms with Gasteiger partial charge in [-0.15, -0.1) is 0 Å². The Labute approximate surface area is 424 Å². The molecule has 0 spiro atoms. The van der Waals surface area contributed by atoms with Crippen LogP contribution in [-0.2, 0) is 0 Å². The van der Waals surface area contributed by atoms with Gasteiger partial charge in [0.2, 0.25) is 11.9 Å². The first kappa shape index (κ1) is 50.2. The first-order valence-electron chi connectivity index (χ1n) is 24.3. The van der Waals surface area contributed by atoms with Crippen molar-refractivity contribution in [2.45, 2.75) is 113 Å². The topological polar surface area (TPSA) is 181 Å². The lowest BCUT2D eigenvalue weighted by Crippen LogP contribution is -2.34. The number of piperidine rings is 2. The molecular weight excluding hydrogens is 975 g/mol. The summed E-state index contributed by atoms with van der Waals surface area (Å²) in [6.07, 6.45) is 18.3. The fraction of sp³-hybridized carbons (Fsp3) is 0.423. The van der Waals surface area contributed by atoms with E-state index in [1.165, 1.54) is 16.8 Å². The van der Waals surface area contributed by atoms with Gasteiger partial charge in [0.05, 0.1) is 12.2 Å². The summed E-state index contributed by atoms with van der Waals surface area (Å²) < 4.78 is 1.13. The molecule has 0 atom stereocenters. The maximum absolute atomic E-state index is 9.92. The highest BCUT2D eigenvalue weighted by Crippen LogP contribution is 2.36. The molecule has 4 aromatic heterocycles. The second kappa shape index (κ2) is 25.6. The average Bonchev–Trinajstić information content (AvgIpc) is 3.37. The summed E-state index contributed by atoms with van der Waals surface area (Å²) in [5.74, 6) is 3.75. The van der Waals surface area contributed by atoms with E-state index in [1.807, 2.05) is 54.9 Å². The van der Waals surface area contributed by atoms with Crippen molar-refractivity contribution >= 4 is 79.7 Å². The number of rotatable bonds is 11. The number of hydrogen-bond donors (Lipinski definition) is 7. The Morgan fingerprint density at radius 1 is 0.551 bits per heavy atom. The third-order valence-corrected chi connectivity index (χ3v) is 14.2. The summed E-state index contributed by atoms with van der Waals surface area (Å²) in [6, 6.07) is 28.4. The Morgan fingerprint density at radius 2 is 1.00 bits per heavy atom. The summed E-state index contributed by atoms with van der Waals surface area (Å²) in [5.41, 5.74) is 5.26. The van der Waals surface area contributed by atoms with Gasteiger partial charge in [0.1, 0.15) is 21.9 Å². The molecule has 2 aliphatic heterocycles. The van der Waals surface area contributed by atoms with Gasteiger partial charge >= 0.3 is 0 Å². The Balaban J connectivity index is 0.000000165. The smallest absolute Gasteiger partial charge is 0.229 e. The van der Waals surface area contributed by atoms with E-state index in [0.29, 0.717) is 46.1 Å². The molecular formula is C52H63BrCl2N12O2. The van der Waals surface area contributed by atoms with Gasteiger partial charge in [0, 0.05) is 82.6 Å². The predicted molar refractivity (Wildman–Crippen MR) is 283 cm³/mol. The summed E-state index contributed by atoms with van der Waals surface area (Å²) in [5, 5.41) is 37.8. The van der Waals surface area contributed by atoms with Crippen LogP contribution in [0.5, 0.6) is 0 Å². The molecule has 14 nitrogen and oxygen atoms in total. The van der Waals surface area contributed by atoms with Crippen LogP contribution in [0, 0.1) is 0 Å². The second-order valence-electron chi connectivity index (χ2n) is 18.2. The molecule has 4 aliphatic rings. The number of aliphatic hydroxyl groups is 2. The molecule has 2 saturated carbocycles. The third-order valence-electron chi connectivity index (χ3n) is 13.2. The van der Waals surface area contributed by atoms with Crippen LogP contribution in [0.15, 0.2) is 114 Å². The number of hydrogen-bond acceptors (Lipinski definition) is 14. The van der Waals surface area contributed by atoms with Crippen LogP contribution < -0.4 is 31.5 Å². The molecule has 69 heavy (non-hydrogen) atoms. The Bertz CT molecular complexity index is 2490. The van der Waals surface area contributed by atoms with E-state index in [9.17, 15) is 10.2 Å². The van der Waals surface area contributed by atoms with Crippen LogP contribution in [0.3, 0.4) is 0 Å². The number of aromatic nitrogens is 6. The average molecular weight is 1040 g/mol. The zero-order chi connectivity index (χ0) is 47.8. The van der Waals surface area contributed by atoms with Crippen molar-refractivity contribution in [2.75, 3.05) is 52.3 Å².